The van der Waals surface area contributed by atoms with Gasteiger partial charge in [0.15, 0.2) is 0 Å². The van der Waals surface area contributed by atoms with Crippen molar-refractivity contribution in [1.29, 1.82) is 5.26 Å². The Morgan fingerprint density at radius 1 is 1.42 bits per heavy atom. The van der Waals surface area contributed by atoms with Gasteiger partial charge >= 0.3 is 0 Å². The molecule has 0 spiro atoms. The highest BCUT2D eigenvalue weighted by Crippen LogP contribution is 2.27. The van der Waals surface area contributed by atoms with E-state index in [4.69, 9.17) is 21.7 Å². The molecule has 132 valence electrons. The van der Waals surface area contributed by atoms with Gasteiger partial charge in [0, 0.05) is 19.5 Å². The number of nitrogens with zero attached hydrogens (tertiary/aromatic N) is 3. The quantitative estimate of drug-likeness (QED) is 0.706. The molecule has 1 aliphatic heterocycles. The van der Waals surface area contributed by atoms with E-state index < -0.39 is 6.10 Å². The molecule has 0 saturated heterocycles. The minimum absolute atomic E-state index is 0.143. The molecule has 0 bridgehead atoms. The fourth-order valence-electron chi connectivity index (χ4n) is 2.62. The van der Waals surface area contributed by atoms with Crippen LogP contribution in [0.2, 0.25) is 4.34 Å². The summed E-state index contributed by atoms with van der Waals surface area (Å²) in [5.74, 6) is -0.143. The monoisotopic (exact) mass is 385 g/mol. The fourth-order valence-corrected chi connectivity index (χ4v) is 3.65. The lowest BCUT2D eigenvalue weighted by Crippen LogP contribution is -2.39. The van der Waals surface area contributed by atoms with Gasteiger partial charge in [0.25, 0.3) is 5.91 Å². The SMILES string of the molecule is C=CCN(Cc1ccc(C#N)cc1)C(=O)C1CC(c2ccc(Cl)s2)=NO1. The van der Waals surface area contributed by atoms with E-state index >= 15 is 0 Å². The number of rotatable bonds is 6. The Labute approximate surface area is 160 Å². The van der Waals surface area contributed by atoms with Crippen LogP contribution in [0.25, 0.3) is 0 Å². The lowest BCUT2D eigenvalue weighted by Gasteiger charge is -2.23. The van der Waals surface area contributed by atoms with Crippen molar-refractivity contribution in [2.24, 2.45) is 5.16 Å². The summed E-state index contributed by atoms with van der Waals surface area (Å²) in [4.78, 5) is 20.8. The molecule has 26 heavy (non-hydrogen) atoms. The Bertz CT molecular complexity index is 883. The summed E-state index contributed by atoms with van der Waals surface area (Å²) in [5.41, 5.74) is 2.25. The average Bonchev–Trinajstić information content (AvgIpc) is 3.30. The first-order valence-corrected chi connectivity index (χ1v) is 9.17. The number of carbonyl (C=O) groups is 1. The summed E-state index contributed by atoms with van der Waals surface area (Å²) in [6.07, 6.45) is 1.44. The van der Waals surface area contributed by atoms with Crippen LogP contribution in [0.15, 0.2) is 54.2 Å². The molecule has 5 nitrogen and oxygen atoms in total. The van der Waals surface area contributed by atoms with Crippen LogP contribution < -0.4 is 0 Å². The summed E-state index contributed by atoms with van der Waals surface area (Å²) < 4.78 is 0.673. The Hall–Kier alpha value is -2.62. The zero-order valence-electron chi connectivity index (χ0n) is 13.9. The molecule has 0 radical (unpaired) electrons. The molecule has 1 aromatic heterocycles. The molecule has 1 unspecified atom stereocenters. The molecule has 2 heterocycles. The highest BCUT2D eigenvalue weighted by atomic mass is 35.5. The van der Waals surface area contributed by atoms with Crippen LogP contribution in [0.4, 0.5) is 0 Å². The lowest BCUT2D eigenvalue weighted by molar-refractivity contribution is -0.142. The summed E-state index contributed by atoms with van der Waals surface area (Å²) >= 11 is 7.37. The molecule has 0 aliphatic carbocycles. The van der Waals surface area contributed by atoms with Crippen molar-refractivity contribution in [3.8, 4) is 6.07 Å². The van der Waals surface area contributed by atoms with E-state index in [-0.39, 0.29) is 5.91 Å². The number of benzene rings is 1. The van der Waals surface area contributed by atoms with E-state index in [2.05, 4.69) is 17.8 Å². The van der Waals surface area contributed by atoms with Gasteiger partial charge in [0.1, 0.15) is 5.71 Å². The Balaban J connectivity index is 1.67. The van der Waals surface area contributed by atoms with Crippen molar-refractivity contribution in [3.63, 3.8) is 0 Å². The second-order valence-corrected chi connectivity index (χ2v) is 7.47. The van der Waals surface area contributed by atoms with Crippen molar-refractivity contribution >= 4 is 34.6 Å². The Morgan fingerprint density at radius 3 is 2.81 bits per heavy atom. The van der Waals surface area contributed by atoms with Crippen LogP contribution in [0.1, 0.15) is 22.4 Å². The van der Waals surface area contributed by atoms with E-state index in [1.54, 1.807) is 29.2 Å². The van der Waals surface area contributed by atoms with E-state index in [1.807, 2.05) is 18.2 Å². The fraction of sp³-hybridized carbons (Fsp3) is 0.211. The second-order valence-electron chi connectivity index (χ2n) is 5.76. The third-order valence-corrected chi connectivity index (χ3v) is 5.20. The molecule has 1 aromatic carbocycles. The van der Waals surface area contributed by atoms with Crippen molar-refractivity contribution in [3.05, 3.63) is 69.4 Å². The zero-order chi connectivity index (χ0) is 18.5. The maximum Gasteiger partial charge on any atom is 0.267 e. The number of oxime groups is 1. The third kappa shape index (κ3) is 4.13. The molecule has 0 saturated carbocycles. The molecule has 1 aliphatic rings. The van der Waals surface area contributed by atoms with Gasteiger partial charge in [-0.25, -0.2) is 0 Å². The predicted octanol–water partition coefficient (Wildman–Crippen LogP) is 3.98. The Kier molecular flexibility index (Phi) is 5.71. The molecule has 7 heteroatoms. The van der Waals surface area contributed by atoms with Crippen LogP contribution >= 0.6 is 22.9 Å². The third-order valence-electron chi connectivity index (χ3n) is 3.92. The topological polar surface area (TPSA) is 65.7 Å². The van der Waals surface area contributed by atoms with Gasteiger partial charge in [-0.1, -0.05) is 35.0 Å². The first-order chi connectivity index (χ1) is 12.6. The number of hydrogen-bond donors (Lipinski definition) is 0. The van der Waals surface area contributed by atoms with E-state index in [0.717, 1.165) is 16.2 Å². The van der Waals surface area contributed by atoms with Crippen LogP contribution in [-0.2, 0) is 16.2 Å². The maximum atomic E-state index is 12.8. The highest BCUT2D eigenvalue weighted by molar-refractivity contribution is 7.18. The highest BCUT2D eigenvalue weighted by Gasteiger charge is 2.32. The number of carbonyl (C=O) groups excluding carboxylic acids is 1. The van der Waals surface area contributed by atoms with Gasteiger partial charge in [-0.3, -0.25) is 4.79 Å². The molecular weight excluding hydrogens is 370 g/mol. The van der Waals surface area contributed by atoms with Gasteiger partial charge in [-0.15, -0.1) is 17.9 Å². The van der Waals surface area contributed by atoms with Crippen LogP contribution in [0.5, 0.6) is 0 Å². The number of halogens is 1. The van der Waals surface area contributed by atoms with Crippen LogP contribution in [0, 0.1) is 11.3 Å². The largest absolute Gasteiger partial charge is 0.382 e. The van der Waals surface area contributed by atoms with Crippen LogP contribution in [-0.4, -0.2) is 29.2 Å². The van der Waals surface area contributed by atoms with Gasteiger partial charge in [-0.05, 0) is 29.8 Å². The summed E-state index contributed by atoms with van der Waals surface area (Å²) in [5, 5.41) is 12.9. The molecule has 0 N–H and O–H groups in total. The average molecular weight is 386 g/mol. The van der Waals surface area contributed by atoms with Crippen molar-refractivity contribution in [2.75, 3.05) is 6.54 Å². The smallest absolute Gasteiger partial charge is 0.267 e. The zero-order valence-corrected chi connectivity index (χ0v) is 15.5. The van der Waals surface area contributed by atoms with Gasteiger partial charge in [0.2, 0.25) is 6.10 Å². The van der Waals surface area contributed by atoms with Crippen molar-refractivity contribution < 1.29 is 9.63 Å². The van der Waals surface area contributed by atoms with Gasteiger partial charge in [-0.2, -0.15) is 5.26 Å². The van der Waals surface area contributed by atoms with E-state index in [0.29, 0.717) is 29.4 Å². The maximum absolute atomic E-state index is 12.8. The molecule has 2 aromatic rings. The Morgan fingerprint density at radius 2 is 2.19 bits per heavy atom. The van der Waals surface area contributed by atoms with E-state index in [9.17, 15) is 4.79 Å². The number of hydrogen-bond acceptors (Lipinski definition) is 5. The van der Waals surface area contributed by atoms with Crippen molar-refractivity contribution in [2.45, 2.75) is 19.1 Å². The molecule has 1 atom stereocenters. The standard InChI is InChI=1S/C19H16ClN3O2S/c1-2-9-23(12-14-5-3-13(11-21)4-6-14)19(24)16-10-15(22-25-16)17-7-8-18(20)26-17/h2-8,16H,1,9-10,12H2. The summed E-state index contributed by atoms with van der Waals surface area (Å²) in [6, 6.07) is 12.9. The second kappa shape index (κ2) is 8.17. The van der Waals surface area contributed by atoms with Crippen LogP contribution in [0.3, 0.4) is 0 Å². The minimum Gasteiger partial charge on any atom is -0.382 e. The number of thiophene rings is 1. The minimum atomic E-state index is -0.649. The van der Waals surface area contributed by atoms with Gasteiger partial charge in [0.05, 0.1) is 20.8 Å². The normalized spacial score (nSPS) is 15.7. The molecule has 0 fully saturated rings. The summed E-state index contributed by atoms with van der Waals surface area (Å²) in [7, 11) is 0. The first-order valence-electron chi connectivity index (χ1n) is 7.98. The number of nitriles is 1. The summed E-state index contributed by atoms with van der Waals surface area (Å²) in [6.45, 7) is 4.54. The molecule has 1 amide bonds. The molecule has 3 rings (SSSR count). The van der Waals surface area contributed by atoms with Gasteiger partial charge < -0.3 is 9.74 Å². The van der Waals surface area contributed by atoms with Crippen molar-refractivity contribution in [1.82, 2.24) is 4.90 Å². The predicted molar refractivity (Wildman–Crippen MR) is 102 cm³/mol. The van der Waals surface area contributed by atoms with E-state index in [1.165, 1.54) is 11.3 Å². The first kappa shape index (κ1) is 18.2. The number of amides is 1. The lowest BCUT2D eigenvalue weighted by atomic mass is 10.1. The molecular formula is C19H16ClN3O2S.